The van der Waals surface area contributed by atoms with Crippen molar-refractivity contribution < 1.29 is 14.3 Å². The molecule has 0 N–H and O–H groups in total. The number of allylic oxidation sites excluding steroid dienone is 1. The lowest BCUT2D eigenvalue weighted by atomic mass is 9.50. The molecule has 0 spiro atoms. The molecule has 3 fully saturated rings. The summed E-state index contributed by atoms with van der Waals surface area (Å²) in [5.41, 5.74) is 3.71. The number of likely N-dealkylation sites (N-methyl/N-ethyl adjacent to an activating group) is 1. The van der Waals surface area contributed by atoms with E-state index in [4.69, 9.17) is 9.47 Å². The summed E-state index contributed by atoms with van der Waals surface area (Å²) < 4.78 is 11.0. The van der Waals surface area contributed by atoms with Crippen LogP contribution in [-0.2, 0) is 14.9 Å². The number of hydrogen-bond donors (Lipinski definition) is 0. The number of methoxy groups -OCH3 is 2. The third-order valence-electron chi connectivity index (χ3n) is 7.82. The second-order valence-corrected chi connectivity index (χ2v) is 8.47. The molecular weight excluding hydrogens is 340 g/mol. The van der Waals surface area contributed by atoms with Crippen molar-refractivity contribution in [2.24, 2.45) is 11.8 Å². The molecule has 2 saturated heterocycles. The van der Waals surface area contributed by atoms with Gasteiger partial charge in [-0.3, -0.25) is 9.69 Å². The molecule has 3 heterocycles. The molecule has 1 aromatic rings. The van der Waals surface area contributed by atoms with Crippen LogP contribution in [0.5, 0.6) is 5.75 Å². The van der Waals surface area contributed by atoms with Crippen molar-refractivity contribution in [1.29, 1.82) is 0 Å². The van der Waals surface area contributed by atoms with Gasteiger partial charge in [-0.2, -0.15) is 0 Å². The van der Waals surface area contributed by atoms with Crippen LogP contribution in [0.1, 0.15) is 25.3 Å². The summed E-state index contributed by atoms with van der Waals surface area (Å²) >= 11 is 0. The Labute approximate surface area is 160 Å². The van der Waals surface area contributed by atoms with Crippen LogP contribution in [0.4, 0.5) is 5.69 Å². The predicted octanol–water partition coefficient (Wildman–Crippen LogP) is 2.59. The normalized spacial score (nSPS) is 37.9. The van der Waals surface area contributed by atoms with Crippen molar-refractivity contribution in [2.75, 3.05) is 39.3 Å². The maximum absolute atomic E-state index is 13.2. The van der Waals surface area contributed by atoms with Crippen LogP contribution in [0.25, 0.3) is 0 Å². The number of esters is 1. The number of benzene rings is 1. The molecule has 0 radical (unpaired) electrons. The van der Waals surface area contributed by atoms with Gasteiger partial charge in [-0.1, -0.05) is 11.6 Å². The van der Waals surface area contributed by atoms with Gasteiger partial charge in [0.2, 0.25) is 0 Å². The SMILES string of the molecule is C/C=C1/CN2CC[C@@]34c5cc(OC)ccc5N(C)[C@H]3[C@@H]2C[C@H]1[C@@H]4C(=O)OC. The lowest BCUT2D eigenvalue weighted by molar-refractivity contribution is -0.158. The highest BCUT2D eigenvalue weighted by Gasteiger charge is 2.68. The summed E-state index contributed by atoms with van der Waals surface area (Å²) in [4.78, 5) is 18.3. The van der Waals surface area contributed by atoms with Gasteiger partial charge in [-0.15, -0.1) is 0 Å². The lowest BCUT2D eigenvalue weighted by Crippen LogP contribution is -2.72. The lowest BCUT2D eigenvalue weighted by Gasteiger charge is -2.63. The van der Waals surface area contributed by atoms with Gasteiger partial charge in [0.15, 0.2) is 0 Å². The molecule has 27 heavy (non-hydrogen) atoms. The Morgan fingerprint density at radius 3 is 2.85 bits per heavy atom. The molecule has 144 valence electrons. The van der Waals surface area contributed by atoms with Gasteiger partial charge < -0.3 is 14.4 Å². The molecule has 3 aliphatic heterocycles. The fourth-order valence-corrected chi connectivity index (χ4v) is 6.82. The van der Waals surface area contributed by atoms with E-state index in [1.807, 2.05) is 6.07 Å². The molecule has 5 rings (SSSR count). The number of carbonyl (C=O) groups is 1. The average molecular weight is 368 g/mol. The minimum Gasteiger partial charge on any atom is -0.497 e. The number of piperidine rings is 2. The number of anilines is 1. The minimum atomic E-state index is -0.204. The van der Waals surface area contributed by atoms with E-state index in [9.17, 15) is 4.79 Å². The largest absolute Gasteiger partial charge is 0.497 e. The van der Waals surface area contributed by atoms with E-state index in [-0.39, 0.29) is 23.2 Å². The second kappa shape index (κ2) is 5.74. The topological polar surface area (TPSA) is 42.0 Å². The Morgan fingerprint density at radius 2 is 2.15 bits per heavy atom. The van der Waals surface area contributed by atoms with E-state index >= 15 is 0 Å². The first-order chi connectivity index (χ1) is 13.1. The van der Waals surface area contributed by atoms with Crippen LogP contribution in [-0.4, -0.2) is 57.3 Å². The van der Waals surface area contributed by atoms with Crippen LogP contribution in [0.2, 0.25) is 0 Å². The van der Waals surface area contributed by atoms with Crippen molar-refractivity contribution in [3.63, 3.8) is 0 Å². The third-order valence-corrected chi connectivity index (χ3v) is 7.82. The molecule has 1 aliphatic carbocycles. The molecule has 1 saturated carbocycles. The maximum atomic E-state index is 13.2. The molecule has 0 amide bonds. The van der Waals surface area contributed by atoms with Gasteiger partial charge in [0.1, 0.15) is 5.75 Å². The van der Waals surface area contributed by atoms with Gasteiger partial charge in [-0.05, 0) is 56.0 Å². The third kappa shape index (κ3) is 1.96. The zero-order valence-corrected chi connectivity index (χ0v) is 16.6. The van der Waals surface area contributed by atoms with E-state index in [1.54, 1.807) is 14.2 Å². The van der Waals surface area contributed by atoms with Gasteiger partial charge in [0.25, 0.3) is 0 Å². The van der Waals surface area contributed by atoms with Crippen LogP contribution < -0.4 is 9.64 Å². The number of carbonyl (C=O) groups excluding carboxylic acids is 1. The Morgan fingerprint density at radius 1 is 1.33 bits per heavy atom. The number of hydrogen-bond acceptors (Lipinski definition) is 5. The predicted molar refractivity (Wildman–Crippen MR) is 104 cm³/mol. The first-order valence-electron chi connectivity index (χ1n) is 9.95. The Bertz CT molecular complexity index is 835. The number of rotatable bonds is 2. The summed E-state index contributed by atoms with van der Waals surface area (Å²) in [6, 6.07) is 7.17. The standard InChI is InChI=1S/C22H28N2O3/c1-5-13-12-24-9-8-22-16-10-14(26-3)6-7-17(16)23(2)20(22)18(24)11-15(13)19(22)21(25)27-4/h5-7,10,15,18-20H,8-9,11-12H2,1-4H3/b13-5-/t15-,18+,19-,20+,22+/m1/s1. The molecule has 1 aromatic carbocycles. The van der Waals surface area contributed by atoms with E-state index in [2.05, 4.69) is 42.0 Å². The summed E-state index contributed by atoms with van der Waals surface area (Å²) in [6.45, 7) is 4.13. The molecule has 0 aromatic heterocycles. The summed E-state index contributed by atoms with van der Waals surface area (Å²) in [6.07, 6.45) is 4.27. The highest BCUT2D eigenvalue weighted by atomic mass is 16.5. The zero-order valence-electron chi connectivity index (χ0n) is 16.6. The summed E-state index contributed by atoms with van der Waals surface area (Å²) in [7, 11) is 5.45. The van der Waals surface area contributed by atoms with E-state index < -0.39 is 0 Å². The van der Waals surface area contributed by atoms with Crippen LogP contribution in [0, 0.1) is 11.8 Å². The highest BCUT2D eigenvalue weighted by molar-refractivity contribution is 5.80. The van der Waals surface area contributed by atoms with E-state index in [0.717, 1.165) is 31.7 Å². The fraction of sp³-hybridized carbons (Fsp3) is 0.591. The smallest absolute Gasteiger partial charge is 0.310 e. The quantitative estimate of drug-likeness (QED) is 0.593. The molecule has 4 aliphatic rings. The Kier molecular flexibility index (Phi) is 3.64. The fourth-order valence-electron chi connectivity index (χ4n) is 6.82. The molecule has 0 unspecified atom stereocenters. The summed E-state index contributed by atoms with van der Waals surface area (Å²) in [5.74, 6) is 0.950. The van der Waals surface area contributed by atoms with Crippen molar-refractivity contribution in [3.8, 4) is 5.75 Å². The molecule has 5 heteroatoms. The monoisotopic (exact) mass is 368 g/mol. The summed E-state index contributed by atoms with van der Waals surface area (Å²) in [5, 5.41) is 0. The van der Waals surface area contributed by atoms with Crippen molar-refractivity contribution >= 4 is 11.7 Å². The average Bonchev–Trinajstić information content (AvgIpc) is 2.96. The van der Waals surface area contributed by atoms with E-state index in [0.29, 0.717) is 12.1 Å². The minimum absolute atomic E-state index is 0.0535. The van der Waals surface area contributed by atoms with Gasteiger partial charge in [-0.25, -0.2) is 0 Å². The first-order valence-corrected chi connectivity index (χ1v) is 9.95. The van der Waals surface area contributed by atoms with Gasteiger partial charge in [0.05, 0.1) is 26.2 Å². The first kappa shape index (κ1) is 17.1. The molecule has 5 nitrogen and oxygen atoms in total. The number of nitrogens with zero attached hydrogens (tertiary/aromatic N) is 2. The zero-order chi connectivity index (χ0) is 18.9. The van der Waals surface area contributed by atoms with Gasteiger partial charge >= 0.3 is 5.97 Å². The highest BCUT2D eigenvalue weighted by Crippen LogP contribution is 2.63. The molecule has 3 bridgehead atoms. The molecular formula is C22H28N2O3. The Hall–Kier alpha value is -2.01. The molecule has 5 atom stereocenters. The number of fused-ring (bicyclic) bond motifs is 2. The number of ether oxygens (including phenoxy) is 2. The van der Waals surface area contributed by atoms with Crippen LogP contribution >= 0.6 is 0 Å². The Balaban J connectivity index is 1.78. The van der Waals surface area contributed by atoms with Crippen molar-refractivity contribution in [1.82, 2.24) is 4.90 Å². The van der Waals surface area contributed by atoms with Crippen LogP contribution in [0.15, 0.2) is 29.8 Å². The van der Waals surface area contributed by atoms with Crippen molar-refractivity contribution in [2.45, 2.75) is 37.3 Å². The van der Waals surface area contributed by atoms with Gasteiger partial charge in [0, 0.05) is 30.7 Å². The van der Waals surface area contributed by atoms with E-state index in [1.165, 1.54) is 16.8 Å². The van der Waals surface area contributed by atoms with Crippen molar-refractivity contribution in [3.05, 3.63) is 35.4 Å². The second-order valence-electron chi connectivity index (χ2n) is 8.47. The van der Waals surface area contributed by atoms with Crippen LogP contribution in [0.3, 0.4) is 0 Å². The maximum Gasteiger partial charge on any atom is 0.310 e.